The molecule has 5 heteroatoms. The van der Waals surface area contributed by atoms with Crippen molar-refractivity contribution in [3.05, 3.63) is 39.6 Å². The van der Waals surface area contributed by atoms with Crippen LogP contribution in [-0.2, 0) is 13.2 Å². The molecule has 1 N–H and O–H groups in total. The van der Waals surface area contributed by atoms with Gasteiger partial charge in [-0.3, -0.25) is 4.98 Å². The molecule has 0 aliphatic heterocycles. The van der Waals surface area contributed by atoms with Gasteiger partial charge in [0.25, 0.3) is 0 Å². The highest BCUT2D eigenvalue weighted by atomic mass is 32.1. The molecule has 0 unspecified atom stereocenters. The van der Waals surface area contributed by atoms with E-state index in [0.717, 1.165) is 10.7 Å². The van der Waals surface area contributed by atoms with Crippen LogP contribution in [0.15, 0.2) is 18.3 Å². The summed E-state index contributed by atoms with van der Waals surface area (Å²) in [6, 6.07) is 3.54. The number of aryl methyl sites for hydroxylation is 2. The SMILES string of the molecule is Cc1nc(COc2ccc(CO)nc2)sc1C. The van der Waals surface area contributed by atoms with Crippen LogP contribution in [0.1, 0.15) is 21.3 Å². The number of rotatable bonds is 4. The summed E-state index contributed by atoms with van der Waals surface area (Å²) in [5.41, 5.74) is 1.70. The van der Waals surface area contributed by atoms with Gasteiger partial charge in [0.15, 0.2) is 0 Å². The van der Waals surface area contributed by atoms with Crippen LogP contribution in [-0.4, -0.2) is 15.1 Å². The third-order valence-corrected chi connectivity index (χ3v) is 3.44. The van der Waals surface area contributed by atoms with Crippen molar-refractivity contribution in [3.63, 3.8) is 0 Å². The van der Waals surface area contributed by atoms with Crippen molar-refractivity contribution >= 4 is 11.3 Å². The van der Waals surface area contributed by atoms with E-state index < -0.39 is 0 Å². The van der Waals surface area contributed by atoms with Crippen LogP contribution in [0.2, 0.25) is 0 Å². The molecule has 0 saturated heterocycles. The standard InChI is InChI=1S/C12H14N2O2S/c1-8-9(2)17-12(14-8)7-16-11-4-3-10(6-15)13-5-11/h3-5,15H,6-7H2,1-2H3. The van der Waals surface area contributed by atoms with Crippen molar-refractivity contribution in [2.24, 2.45) is 0 Å². The van der Waals surface area contributed by atoms with E-state index in [1.165, 1.54) is 4.88 Å². The maximum absolute atomic E-state index is 8.86. The van der Waals surface area contributed by atoms with Gasteiger partial charge in [0.1, 0.15) is 17.4 Å². The normalized spacial score (nSPS) is 10.5. The summed E-state index contributed by atoms with van der Waals surface area (Å²) >= 11 is 1.64. The molecule has 0 aromatic carbocycles. The molecule has 2 aromatic rings. The molecule has 2 aromatic heterocycles. The predicted molar refractivity (Wildman–Crippen MR) is 66.1 cm³/mol. The molecule has 17 heavy (non-hydrogen) atoms. The number of aromatic nitrogens is 2. The van der Waals surface area contributed by atoms with Crippen molar-refractivity contribution < 1.29 is 9.84 Å². The molecule has 2 rings (SSSR count). The van der Waals surface area contributed by atoms with Gasteiger partial charge in [0, 0.05) is 4.88 Å². The maximum Gasteiger partial charge on any atom is 0.140 e. The molecule has 0 atom stereocenters. The summed E-state index contributed by atoms with van der Waals surface area (Å²) < 4.78 is 5.56. The van der Waals surface area contributed by atoms with Crippen LogP contribution in [0.3, 0.4) is 0 Å². The first kappa shape index (κ1) is 12.0. The number of aliphatic hydroxyl groups is 1. The summed E-state index contributed by atoms with van der Waals surface area (Å²) in [7, 11) is 0. The molecule has 4 nitrogen and oxygen atoms in total. The average Bonchev–Trinajstić information content (AvgIpc) is 2.67. The van der Waals surface area contributed by atoms with Crippen LogP contribution in [0, 0.1) is 13.8 Å². The Kier molecular flexibility index (Phi) is 3.71. The first-order valence-electron chi connectivity index (χ1n) is 5.30. The molecule has 90 valence electrons. The number of aliphatic hydroxyl groups excluding tert-OH is 1. The average molecular weight is 250 g/mol. The molecule has 0 aliphatic carbocycles. The quantitative estimate of drug-likeness (QED) is 0.904. The van der Waals surface area contributed by atoms with Gasteiger partial charge in [-0.15, -0.1) is 11.3 Å². The Morgan fingerprint density at radius 2 is 2.18 bits per heavy atom. The molecule has 0 spiro atoms. The Labute approximate surface area is 104 Å². The zero-order valence-electron chi connectivity index (χ0n) is 9.80. The maximum atomic E-state index is 8.86. The lowest BCUT2D eigenvalue weighted by Gasteiger charge is -2.03. The summed E-state index contributed by atoms with van der Waals surface area (Å²) in [5.74, 6) is 0.688. The van der Waals surface area contributed by atoms with Crippen molar-refractivity contribution in [1.29, 1.82) is 0 Å². The predicted octanol–water partition coefficient (Wildman–Crippen LogP) is 2.23. The minimum absolute atomic E-state index is 0.0504. The van der Waals surface area contributed by atoms with Gasteiger partial charge >= 0.3 is 0 Å². The molecule has 0 bridgehead atoms. The van der Waals surface area contributed by atoms with Crippen LogP contribution in [0.25, 0.3) is 0 Å². The Morgan fingerprint density at radius 1 is 1.35 bits per heavy atom. The molecule has 0 radical (unpaired) electrons. The van der Waals surface area contributed by atoms with Gasteiger partial charge in [-0.25, -0.2) is 4.98 Å². The summed E-state index contributed by atoms with van der Waals surface area (Å²) in [4.78, 5) is 9.65. The fraction of sp³-hybridized carbons (Fsp3) is 0.333. The number of hydrogen-bond donors (Lipinski definition) is 1. The van der Waals surface area contributed by atoms with Crippen molar-refractivity contribution in [2.75, 3.05) is 0 Å². The summed E-state index contributed by atoms with van der Waals surface area (Å²) in [6.07, 6.45) is 1.61. The molecule has 0 amide bonds. The Hall–Kier alpha value is -1.46. The van der Waals surface area contributed by atoms with Crippen molar-refractivity contribution in [1.82, 2.24) is 9.97 Å². The van der Waals surface area contributed by atoms with Crippen LogP contribution >= 0.6 is 11.3 Å². The highest BCUT2D eigenvalue weighted by Crippen LogP contribution is 2.18. The van der Waals surface area contributed by atoms with Gasteiger partial charge in [-0.05, 0) is 26.0 Å². The zero-order chi connectivity index (χ0) is 12.3. The second kappa shape index (κ2) is 5.25. The number of thiazole rings is 1. The lowest BCUT2D eigenvalue weighted by Crippen LogP contribution is -1.96. The van der Waals surface area contributed by atoms with Gasteiger partial charge in [0.05, 0.1) is 24.2 Å². The number of pyridine rings is 1. The van der Waals surface area contributed by atoms with Crippen LogP contribution in [0.4, 0.5) is 0 Å². The number of ether oxygens (including phenoxy) is 1. The highest BCUT2D eigenvalue weighted by Gasteiger charge is 2.04. The topological polar surface area (TPSA) is 55.2 Å². The van der Waals surface area contributed by atoms with E-state index in [1.807, 2.05) is 13.8 Å². The minimum Gasteiger partial charge on any atom is -0.485 e. The van der Waals surface area contributed by atoms with E-state index >= 15 is 0 Å². The van der Waals surface area contributed by atoms with Gasteiger partial charge in [-0.1, -0.05) is 0 Å². The Morgan fingerprint density at radius 3 is 2.71 bits per heavy atom. The highest BCUT2D eigenvalue weighted by molar-refractivity contribution is 7.11. The van der Waals surface area contributed by atoms with Gasteiger partial charge in [-0.2, -0.15) is 0 Å². The van der Waals surface area contributed by atoms with E-state index in [-0.39, 0.29) is 6.61 Å². The van der Waals surface area contributed by atoms with Crippen LogP contribution < -0.4 is 4.74 Å². The molecular weight excluding hydrogens is 236 g/mol. The second-order valence-corrected chi connectivity index (χ2v) is 4.97. The monoisotopic (exact) mass is 250 g/mol. The molecular formula is C12H14N2O2S. The van der Waals surface area contributed by atoms with Crippen molar-refractivity contribution in [3.8, 4) is 5.75 Å². The molecule has 0 fully saturated rings. The summed E-state index contributed by atoms with van der Waals surface area (Å²) in [6.45, 7) is 4.45. The lowest BCUT2D eigenvalue weighted by atomic mass is 10.3. The second-order valence-electron chi connectivity index (χ2n) is 3.68. The van der Waals surface area contributed by atoms with Crippen molar-refractivity contribution in [2.45, 2.75) is 27.1 Å². The minimum atomic E-state index is -0.0504. The smallest absolute Gasteiger partial charge is 0.140 e. The molecule has 0 aliphatic rings. The lowest BCUT2D eigenvalue weighted by molar-refractivity contribution is 0.275. The first-order chi connectivity index (χ1) is 8.19. The van der Waals surface area contributed by atoms with E-state index in [0.29, 0.717) is 18.1 Å². The molecule has 0 saturated carbocycles. The van der Waals surface area contributed by atoms with Gasteiger partial charge < -0.3 is 9.84 Å². The largest absolute Gasteiger partial charge is 0.485 e. The fourth-order valence-corrected chi connectivity index (χ4v) is 2.18. The fourth-order valence-electron chi connectivity index (χ4n) is 1.34. The zero-order valence-corrected chi connectivity index (χ0v) is 10.6. The van der Waals surface area contributed by atoms with E-state index in [9.17, 15) is 0 Å². The van der Waals surface area contributed by atoms with Crippen LogP contribution in [0.5, 0.6) is 5.75 Å². The number of hydrogen-bond acceptors (Lipinski definition) is 5. The number of nitrogens with zero attached hydrogens (tertiary/aromatic N) is 2. The van der Waals surface area contributed by atoms with E-state index in [4.69, 9.17) is 9.84 Å². The van der Waals surface area contributed by atoms with E-state index in [2.05, 4.69) is 9.97 Å². The van der Waals surface area contributed by atoms with Gasteiger partial charge in [0.2, 0.25) is 0 Å². The third kappa shape index (κ3) is 3.01. The Balaban J connectivity index is 1.97. The first-order valence-corrected chi connectivity index (χ1v) is 6.12. The van der Waals surface area contributed by atoms with E-state index in [1.54, 1.807) is 29.7 Å². The third-order valence-electron chi connectivity index (χ3n) is 2.39. The summed E-state index contributed by atoms with van der Waals surface area (Å²) in [5, 5.41) is 9.82. The Bertz CT molecular complexity index is 474. The molecule has 2 heterocycles.